The van der Waals surface area contributed by atoms with Crippen LogP contribution in [0.5, 0.6) is 11.6 Å². The van der Waals surface area contributed by atoms with Crippen LogP contribution >= 0.6 is 0 Å². The van der Waals surface area contributed by atoms with Crippen LogP contribution in [-0.4, -0.2) is 61.3 Å². The average Bonchev–Trinajstić information content (AvgIpc) is 2.89. The second-order valence-corrected chi connectivity index (χ2v) is 12.0. The molecule has 2 N–H and O–H groups in total. The monoisotopic (exact) mass is 580 g/mol. The van der Waals surface area contributed by atoms with Gasteiger partial charge in [-0.2, -0.15) is 0 Å². The molecule has 1 aromatic heterocycles. The van der Waals surface area contributed by atoms with Gasteiger partial charge in [0.25, 0.3) is 11.9 Å². The Bertz CT molecular complexity index is 1520. The van der Waals surface area contributed by atoms with Crippen molar-refractivity contribution in [2.45, 2.75) is 26.9 Å². The topological polar surface area (TPSA) is 128 Å². The Morgan fingerprint density at radius 1 is 0.927 bits per heavy atom. The molecule has 0 spiro atoms. The third-order valence-electron chi connectivity index (χ3n) is 6.34. The van der Waals surface area contributed by atoms with Crippen molar-refractivity contribution in [3.05, 3.63) is 95.7 Å². The Balaban J connectivity index is 1.40. The van der Waals surface area contributed by atoms with Crippen molar-refractivity contribution in [3.8, 4) is 22.8 Å². The quantitative estimate of drug-likeness (QED) is 0.267. The van der Waals surface area contributed by atoms with E-state index < -0.39 is 17.0 Å². The zero-order chi connectivity index (χ0) is 29.6. The molecule has 0 radical (unpaired) electrons. The van der Waals surface area contributed by atoms with Gasteiger partial charge in [0.15, 0.2) is 0 Å². The van der Waals surface area contributed by atoms with E-state index in [0.717, 1.165) is 27.9 Å². The van der Waals surface area contributed by atoms with Gasteiger partial charge in [-0.25, -0.2) is 13.4 Å². The molecule has 0 atom stereocenters. The van der Waals surface area contributed by atoms with Crippen molar-refractivity contribution in [2.75, 3.05) is 25.7 Å². The number of rotatable bonds is 10. The molecule has 0 bridgehead atoms. The summed E-state index contributed by atoms with van der Waals surface area (Å²) in [7, 11) is -2.44. The molecule has 0 unspecified atom stereocenters. The Morgan fingerprint density at radius 2 is 1.61 bits per heavy atom. The smallest absolute Gasteiger partial charge is 0.494 e. The van der Waals surface area contributed by atoms with Crippen LogP contribution in [0.1, 0.15) is 23.2 Å². The lowest BCUT2D eigenvalue weighted by Crippen LogP contribution is -2.37. The Morgan fingerprint density at radius 3 is 2.24 bits per heavy atom. The molecule has 0 amide bonds. The molecule has 0 aliphatic carbocycles. The van der Waals surface area contributed by atoms with Crippen molar-refractivity contribution >= 4 is 22.4 Å². The van der Waals surface area contributed by atoms with Crippen LogP contribution in [0, 0.1) is 13.8 Å². The molecular formula is C29H33BN2O8S. The van der Waals surface area contributed by atoms with Crippen LogP contribution in [-0.2, 0) is 25.8 Å². The number of aromatic nitrogens is 1. The number of aryl methyl sites for hydroxylation is 1. The number of sulfone groups is 1. The summed E-state index contributed by atoms with van der Waals surface area (Å²) < 4.78 is 45.1. The molecule has 0 saturated heterocycles. The summed E-state index contributed by atoms with van der Waals surface area (Å²) in [6.45, 7) is 4.56. The summed E-state index contributed by atoms with van der Waals surface area (Å²) in [6, 6.07) is 16.7. The van der Waals surface area contributed by atoms with Crippen molar-refractivity contribution in [3.63, 3.8) is 0 Å². The van der Waals surface area contributed by atoms with E-state index in [-0.39, 0.29) is 24.3 Å². The van der Waals surface area contributed by atoms with Crippen LogP contribution in [0.2, 0.25) is 0 Å². The van der Waals surface area contributed by atoms with Gasteiger partial charge in [-0.1, -0.05) is 30.3 Å². The number of benzene rings is 2. The zero-order valence-electron chi connectivity index (χ0n) is 23.4. The van der Waals surface area contributed by atoms with E-state index in [1.807, 2.05) is 38.1 Å². The van der Waals surface area contributed by atoms with Gasteiger partial charge >= 0.3 is 7.12 Å². The fraction of sp³-hybridized carbons (Fsp3) is 0.276. The molecule has 10 nitrogen and oxygen atoms in total. The number of pyridine rings is 1. The second kappa shape index (κ2) is 12.9. The van der Waals surface area contributed by atoms with Gasteiger partial charge in [-0.15, -0.1) is 0 Å². The lowest BCUT2D eigenvalue weighted by molar-refractivity contribution is 0.124. The van der Waals surface area contributed by atoms with Gasteiger partial charge < -0.3 is 33.9 Å². The number of aliphatic hydroxyl groups is 2. The average molecular weight is 580 g/mol. The summed E-state index contributed by atoms with van der Waals surface area (Å²) in [5.74, 6) is 0.455. The lowest BCUT2D eigenvalue weighted by Gasteiger charge is -2.20. The predicted molar refractivity (Wildman–Crippen MR) is 156 cm³/mol. The highest BCUT2D eigenvalue weighted by molar-refractivity contribution is 7.90. The van der Waals surface area contributed by atoms with Gasteiger partial charge in [0.05, 0.1) is 24.8 Å². The first-order valence-corrected chi connectivity index (χ1v) is 15.0. The highest BCUT2D eigenvalue weighted by Gasteiger charge is 2.29. The van der Waals surface area contributed by atoms with Gasteiger partial charge in [0, 0.05) is 36.1 Å². The van der Waals surface area contributed by atoms with Gasteiger partial charge in [-0.05, 0) is 55.2 Å². The second-order valence-electron chi connectivity index (χ2n) is 9.73. The third kappa shape index (κ3) is 8.34. The van der Waals surface area contributed by atoms with E-state index in [4.69, 9.17) is 18.8 Å². The van der Waals surface area contributed by atoms with E-state index in [1.165, 1.54) is 23.6 Å². The minimum absolute atomic E-state index is 0.0773. The molecule has 12 heteroatoms. The number of hydrogen-bond acceptors (Lipinski definition) is 10. The van der Waals surface area contributed by atoms with Crippen molar-refractivity contribution < 1.29 is 37.4 Å². The van der Waals surface area contributed by atoms with Gasteiger partial charge in [0.2, 0.25) is 5.88 Å². The largest absolute Gasteiger partial charge is 0.636 e. The minimum atomic E-state index is -3.02. The molecular weight excluding hydrogens is 547 g/mol. The first kappa shape index (κ1) is 29.7. The fourth-order valence-corrected chi connectivity index (χ4v) is 4.88. The molecule has 3 aromatic rings. The number of hydrogen-bond donors (Lipinski definition) is 2. The van der Waals surface area contributed by atoms with E-state index in [9.17, 15) is 18.6 Å². The normalized spacial score (nSPS) is 15.0. The van der Waals surface area contributed by atoms with Gasteiger partial charge in [-0.3, -0.25) is 0 Å². The molecule has 2 heterocycles. The highest BCUT2D eigenvalue weighted by Crippen LogP contribution is 2.30. The molecule has 0 saturated carbocycles. The minimum Gasteiger partial charge on any atom is -0.494 e. The Kier molecular flexibility index (Phi) is 9.33. The molecule has 4 rings (SSSR count). The molecule has 1 aliphatic rings. The Labute approximate surface area is 240 Å². The Hall–Kier alpha value is -4.32. The van der Waals surface area contributed by atoms with Crippen LogP contribution < -0.4 is 14.9 Å². The maximum Gasteiger partial charge on any atom is 0.636 e. The molecule has 2 aromatic carbocycles. The van der Waals surface area contributed by atoms with Crippen LogP contribution in [0.25, 0.3) is 11.1 Å². The van der Waals surface area contributed by atoms with Crippen LogP contribution in [0.3, 0.4) is 0 Å². The molecule has 1 aliphatic heterocycles. The maximum atomic E-state index is 11.3. The maximum absolute atomic E-state index is 11.3. The standard InChI is InChI=1S/C29H33BN2O8S/c1-20-22(7-5-8-25(20)26-13-14-27(31-21(26)2)37-15-6-16-41(4,35)36)19-38-24-11-9-23(10-12-24)30-39-28(33)17-32(3)18-29(34)40-30/h5,7-14,17-18,33-34H,6,15-16,19H2,1-4H3/b28-17-,29-18?. The number of nitrogens with zero attached hydrogens (tertiary/aromatic N) is 2. The fourth-order valence-electron chi connectivity index (χ4n) is 4.24. The first-order chi connectivity index (χ1) is 19.5. The zero-order valence-corrected chi connectivity index (χ0v) is 24.2. The highest BCUT2D eigenvalue weighted by atomic mass is 32.2. The lowest BCUT2D eigenvalue weighted by atomic mass is 9.79. The van der Waals surface area contributed by atoms with Crippen LogP contribution in [0.15, 0.2) is 78.9 Å². The summed E-state index contributed by atoms with van der Waals surface area (Å²) in [5, 5.41) is 19.9. The van der Waals surface area contributed by atoms with Gasteiger partial charge in [0.1, 0.15) is 22.2 Å². The van der Waals surface area contributed by atoms with Crippen molar-refractivity contribution in [1.29, 1.82) is 0 Å². The molecule has 0 fully saturated rings. The third-order valence-corrected chi connectivity index (χ3v) is 7.37. The molecule has 216 valence electrons. The van der Waals surface area contributed by atoms with E-state index in [1.54, 1.807) is 37.4 Å². The van der Waals surface area contributed by atoms with E-state index >= 15 is 0 Å². The van der Waals surface area contributed by atoms with E-state index in [2.05, 4.69) is 4.98 Å². The van der Waals surface area contributed by atoms with Crippen LogP contribution in [0.4, 0.5) is 0 Å². The molecule has 41 heavy (non-hydrogen) atoms. The summed E-state index contributed by atoms with van der Waals surface area (Å²) >= 11 is 0. The SMILES string of the molecule is Cc1nc(OCCCS(C)(=O)=O)ccc1-c1cccc(COc2ccc(B3OC(O)=CN(C)/C=C(/O)O3)cc2)c1C. The van der Waals surface area contributed by atoms with E-state index in [0.29, 0.717) is 30.1 Å². The van der Waals surface area contributed by atoms with Crippen molar-refractivity contribution in [2.24, 2.45) is 0 Å². The summed E-state index contributed by atoms with van der Waals surface area (Å²) in [5.41, 5.74) is 5.44. The predicted octanol–water partition coefficient (Wildman–Crippen LogP) is 4.15. The number of ether oxygens (including phenoxy) is 2. The number of aliphatic hydroxyl groups excluding tert-OH is 2. The first-order valence-electron chi connectivity index (χ1n) is 12.9. The summed E-state index contributed by atoms with van der Waals surface area (Å²) in [4.78, 5) is 5.96. The van der Waals surface area contributed by atoms with Crippen molar-refractivity contribution in [1.82, 2.24) is 9.88 Å². The summed E-state index contributed by atoms with van der Waals surface area (Å²) in [6.07, 6.45) is 4.24.